The van der Waals surface area contributed by atoms with E-state index in [4.69, 9.17) is 0 Å². The minimum Gasteiger partial charge on any atom is -0.507 e. The third-order valence-corrected chi connectivity index (χ3v) is 6.10. The zero-order valence-corrected chi connectivity index (χ0v) is 21.3. The van der Waals surface area contributed by atoms with Crippen LogP contribution in [0.15, 0.2) is 36.4 Å². The number of phenols is 1. The number of carbonyl (C=O) groups is 6. The van der Waals surface area contributed by atoms with E-state index >= 15 is 0 Å². The first-order valence-electron chi connectivity index (χ1n) is 11.7. The predicted molar refractivity (Wildman–Crippen MR) is 135 cm³/mol. The number of benzene rings is 2. The van der Waals surface area contributed by atoms with Gasteiger partial charge in [-0.2, -0.15) is 0 Å². The minimum absolute atomic E-state index is 0.0203. The fourth-order valence-corrected chi connectivity index (χ4v) is 4.35. The molecule has 2 aromatic carbocycles. The van der Waals surface area contributed by atoms with Crippen LogP contribution in [-0.4, -0.2) is 69.7 Å². The average molecular weight is 525 g/mol. The SMILES string of the molecule is CC(=O)N1C[C@H](NC(=O)c2cc(C)c(O)c(C)c2)C(=O)N(N(C(C)=O)[C@H](C=O)CC(=O)O)c2ccccc21. The van der Waals surface area contributed by atoms with Gasteiger partial charge in [-0.3, -0.25) is 24.0 Å². The number of rotatable bonds is 7. The molecule has 0 bridgehead atoms. The number of nitrogens with one attached hydrogen (secondary N) is 1. The van der Waals surface area contributed by atoms with Gasteiger partial charge in [0.15, 0.2) is 0 Å². The molecule has 0 saturated heterocycles. The smallest absolute Gasteiger partial charge is 0.305 e. The second kappa shape index (κ2) is 11.1. The molecule has 0 aliphatic carbocycles. The summed E-state index contributed by atoms with van der Waals surface area (Å²) in [6.45, 7) is 5.25. The summed E-state index contributed by atoms with van der Waals surface area (Å²) in [5.41, 5.74) is 1.29. The standard InChI is InChI=1S/C26H28N4O8/c1-14-9-18(10-15(2)24(14)36)25(37)27-20-12-28(16(3)32)21-7-5-6-8-22(21)30(26(20)38)29(17(4)33)19(13-31)11-23(34)35/h5-10,13,19-20,36H,11-12H2,1-4H3,(H,27,37)(H,34,35)/t19-,20-/m0/s1. The van der Waals surface area contributed by atoms with E-state index in [0.29, 0.717) is 11.1 Å². The summed E-state index contributed by atoms with van der Waals surface area (Å²) in [5, 5.41) is 23.5. The Balaban J connectivity index is 2.15. The van der Waals surface area contributed by atoms with Gasteiger partial charge in [0.25, 0.3) is 11.8 Å². The lowest BCUT2D eigenvalue weighted by atomic mass is 10.0. The number of carboxylic acids is 1. The summed E-state index contributed by atoms with van der Waals surface area (Å²) < 4.78 is 0. The maximum Gasteiger partial charge on any atom is 0.305 e. The summed E-state index contributed by atoms with van der Waals surface area (Å²) in [6, 6.07) is 6.04. The fraction of sp³-hybridized carbons (Fsp3) is 0.308. The number of carboxylic acid groups (broad SMARTS) is 1. The van der Waals surface area contributed by atoms with Crippen molar-refractivity contribution in [3.63, 3.8) is 0 Å². The van der Waals surface area contributed by atoms with Crippen LogP contribution in [0.25, 0.3) is 0 Å². The molecule has 12 heteroatoms. The van der Waals surface area contributed by atoms with Crippen molar-refractivity contribution in [3.8, 4) is 5.75 Å². The van der Waals surface area contributed by atoms with E-state index in [9.17, 15) is 39.0 Å². The summed E-state index contributed by atoms with van der Waals surface area (Å²) in [7, 11) is 0. The average Bonchev–Trinajstić information content (AvgIpc) is 2.96. The van der Waals surface area contributed by atoms with Crippen LogP contribution in [0, 0.1) is 13.8 Å². The minimum atomic E-state index is -1.55. The van der Waals surface area contributed by atoms with Crippen LogP contribution in [0.5, 0.6) is 5.75 Å². The van der Waals surface area contributed by atoms with Crippen molar-refractivity contribution < 1.29 is 39.0 Å². The number of phenolic OH excluding ortho intramolecular Hbond substituents is 1. The quantitative estimate of drug-likeness (QED) is 0.456. The second-order valence-electron chi connectivity index (χ2n) is 8.92. The van der Waals surface area contributed by atoms with Gasteiger partial charge in [0.05, 0.1) is 24.3 Å². The monoisotopic (exact) mass is 524 g/mol. The van der Waals surface area contributed by atoms with E-state index in [1.54, 1.807) is 26.0 Å². The molecule has 0 unspecified atom stereocenters. The van der Waals surface area contributed by atoms with E-state index in [2.05, 4.69) is 5.32 Å². The van der Waals surface area contributed by atoms with E-state index in [1.807, 2.05) is 0 Å². The number of fused-ring (bicyclic) bond motifs is 1. The summed E-state index contributed by atoms with van der Waals surface area (Å²) in [6.07, 6.45) is -0.539. The molecular weight excluding hydrogens is 496 g/mol. The number of para-hydroxylation sites is 2. The Hall–Kier alpha value is -4.74. The summed E-state index contributed by atoms with van der Waals surface area (Å²) >= 11 is 0. The van der Waals surface area contributed by atoms with Crippen LogP contribution in [0.1, 0.15) is 41.8 Å². The molecule has 0 saturated carbocycles. The molecule has 0 spiro atoms. The molecule has 12 nitrogen and oxygen atoms in total. The van der Waals surface area contributed by atoms with Crippen LogP contribution < -0.4 is 15.2 Å². The van der Waals surface area contributed by atoms with Gasteiger partial charge in [0.1, 0.15) is 24.1 Å². The predicted octanol–water partition coefficient (Wildman–Crippen LogP) is 1.31. The Kier molecular flexibility index (Phi) is 8.14. The Labute approximate surface area is 218 Å². The van der Waals surface area contributed by atoms with Gasteiger partial charge in [-0.25, -0.2) is 10.0 Å². The number of anilines is 2. The van der Waals surface area contributed by atoms with Gasteiger partial charge in [0, 0.05) is 19.4 Å². The number of hydrogen-bond acceptors (Lipinski definition) is 7. The first-order chi connectivity index (χ1) is 17.9. The molecule has 4 amide bonds. The molecule has 1 heterocycles. The maximum absolute atomic E-state index is 14.0. The molecule has 3 rings (SSSR count). The highest BCUT2D eigenvalue weighted by Crippen LogP contribution is 2.35. The van der Waals surface area contributed by atoms with E-state index in [0.717, 1.165) is 16.9 Å². The van der Waals surface area contributed by atoms with Crippen molar-refractivity contribution in [2.45, 2.75) is 46.2 Å². The van der Waals surface area contributed by atoms with Crippen LogP contribution in [-0.2, 0) is 24.0 Å². The number of aliphatic carboxylic acids is 1. The molecule has 1 aliphatic rings. The topological polar surface area (TPSA) is 165 Å². The number of aldehydes is 1. The van der Waals surface area contributed by atoms with Gasteiger partial charge < -0.3 is 25.2 Å². The lowest BCUT2D eigenvalue weighted by Crippen LogP contribution is -2.60. The first kappa shape index (κ1) is 27.8. The molecule has 38 heavy (non-hydrogen) atoms. The largest absolute Gasteiger partial charge is 0.507 e. The second-order valence-corrected chi connectivity index (χ2v) is 8.92. The van der Waals surface area contributed by atoms with Crippen LogP contribution in [0.4, 0.5) is 11.4 Å². The Morgan fingerprint density at radius 3 is 2.18 bits per heavy atom. The molecule has 1 aliphatic heterocycles. The number of aromatic hydroxyl groups is 1. The Bertz CT molecular complexity index is 1300. The highest BCUT2D eigenvalue weighted by atomic mass is 16.4. The van der Waals surface area contributed by atoms with Crippen molar-refractivity contribution in [2.75, 3.05) is 16.5 Å². The van der Waals surface area contributed by atoms with Gasteiger partial charge in [0.2, 0.25) is 11.8 Å². The van der Waals surface area contributed by atoms with Crippen LogP contribution in [0.3, 0.4) is 0 Å². The third-order valence-electron chi connectivity index (χ3n) is 6.10. The lowest BCUT2D eigenvalue weighted by Gasteiger charge is -2.38. The van der Waals surface area contributed by atoms with Crippen molar-refractivity contribution in [2.24, 2.45) is 0 Å². The summed E-state index contributed by atoms with van der Waals surface area (Å²) in [4.78, 5) is 77.1. The number of aryl methyl sites for hydroxylation is 2. The van der Waals surface area contributed by atoms with Crippen molar-refractivity contribution in [1.29, 1.82) is 0 Å². The molecular formula is C26H28N4O8. The van der Waals surface area contributed by atoms with Crippen molar-refractivity contribution in [1.82, 2.24) is 10.3 Å². The van der Waals surface area contributed by atoms with E-state index in [-0.39, 0.29) is 35.5 Å². The third kappa shape index (κ3) is 5.48. The zero-order valence-electron chi connectivity index (χ0n) is 21.3. The van der Waals surface area contributed by atoms with E-state index < -0.39 is 48.1 Å². The molecule has 0 radical (unpaired) electrons. The van der Waals surface area contributed by atoms with Crippen molar-refractivity contribution >= 4 is 47.3 Å². The highest BCUT2D eigenvalue weighted by molar-refractivity contribution is 6.10. The van der Waals surface area contributed by atoms with Gasteiger partial charge in [-0.05, 0) is 49.2 Å². The van der Waals surface area contributed by atoms with Crippen molar-refractivity contribution in [3.05, 3.63) is 53.1 Å². The normalized spacial score (nSPS) is 15.7. The molecule has 0 aromatic heterocycles. The van der Waals surface area contributed by atoms with Gasteiger partial charge >= 0.3 is 5.97 Å². The number of carbonyl (C=O) groups excluding carboxylic acids is 5. The zero-order chi connectivity index (χ0) is 28.3. The molecule has 3 N–H and O–H groups in total. The van der Waals surface area contributed by atoms with Crippen LogP contribution >= 0.6 is 0 Å². The number of hydrazine groups is 1. The van der Waals surface area contributed by atoms with E-state index in [1.165, 1.54) is 36.1 Å². The summed E-state index contributed by atoms with van der Waals surface area (Å²) in [5.74, 6) is -4.18. The highest BCUT2D eigenvalue weighted by Gasteiger charge is 2.42. The Morgan fingerprint density at radius 2 is 1.68 bits per heavy atom. The molecule has 2 aromatic rings. The molecule has 2 atom stereocenters. The van der Waals surface area contributed by atoms with Gasteiger partial charge in [-0.15, -0.1) is 0 Å². The van der Waals surface area contributed by atoms with Crippen LogP contribution in [0.2, 0.25) is 0 Å². The number of amides is 4. The number of hydrogen-bond donors (Lipinski definition) is 3. The first-order valence-corrected chi connectivity index (χ1v) is 11.7. The fourth-order valence-electron chi connectivity index (χ4n) is 4.35. The molecule has 0 fully saturated rings. The molecule has 200 valence electrons. The lowest BCUT2D eigenvalue weighted by molar-refractivity contribution is -0.145. The Morgan fingerprint density at radius 1 is 1.11 bits per heavy atom. The van der Waals surface area contributed by atoms with Gasteiger partial charge in [-0.1, -0.05) is 12.1 Å². The maximum atomic E-state index is 14.0. The number of nitrogens with zero attached hydrogens (tertiary/aromatic N) is 3.